The third-order valence-electron chi connectivity index (χ3n) is 7.12. The Morgan fingerprint density at radius 1 is 0.707 bits per heavy atom. The zero-order valence-electron chi connectivity index (χ0n) is 23.0. The standard InChI is InChI=1S/C32H30N2O5S2/c1-4-27-20-34(41(37,38)32-15-7-25(3)8-16-32)21-28(27)11-12-30-23-39-22-29(30)10-9-26-17-18-33(19-26)40(35,36)31-13-5-24(2)6-14-31/h4-8,13-17H,1,18-23H2,2-3H3. The Hall–Kier alpha value is -3.70. The highest BCUT2D eigenvalue weighted by Crippen LogP contribution is 2.26. The first kappa shape index (κ1) is 28.8. The first-order valence-electron chi connectivity index (χ1n) is 13.1. The first-order chi connectivity index (χ1) is 19.6. The van der Waals surface area contributed by atoms with Crippen molar-refractivity contribution in [2.24, 2.45) is 0 Å². The lowest BCUT2D eigenvalue weighted by molar-refractivity contribution is 0.208. The molecule has 41 heavy (non-hydrogen) atoms. The van der Waals surface area contributed by atoms with Crippen LogP contribution in [0.5, 0.6) is 0 Å². The molecule has 0 atom stereocenters. The van der Waals surface area contributed by atoms with E-state index in [2.05, 4.69) is 30.3 Å². The highest BCUT2D eigenvalue weighted by molar-refractivity contribution is 7.89. The lowest BCUT2D eigenvalue weighted by atomic mass is 10.1. The van der Waals surface area contributed by atoms with E-state index in [1.54, 1.807) is 54.6 Å². The van der Waals surface area contributed by atoms with Gasteiger partial charge in [-0.15, -0.1) is 0 Å². The summed E-state index contributed by atoms with van der Waals surface area (Å²) in [4.78, 5) is 0.511. The maximum absolute atomic E-state index is 13.2. The third kappa shape index (κ3) is 6.15. The SMILES string of the molecule is C=CC1=C(C#CC2=C(C#CC3=CCN(S(=O)(=O)c4ccc(C)cc4)C3)COC2)CN(S(=O)(=O)c2ccc(C)cc2)C1. The molecule has 0 saturated heterocycles. The lowest BCUT2D eigenvalue weighted by Gasteiger charge is -2.16. The van der Waals surface area contributed by atoms with E-state index in [1.807, 2.05) is 19.9 Å². The minimum Gasteiger partial charge on any atom is -0.371 e. The molecule has 0 bridgehead atoms. The van der Waals surface area contributed by atoms with Crippen molar-refractivity contribution >= 4 is 20.0 Å². The summed E-state index contributed by atoms with van der Waals surface area (Å²) in [6, 6.07) is 13.6. The fraction of sp³-hybridized carbons (Fsp3) is 0.250. The monoisotopic (exact) mass is 586 g/mol. The third-order valence-corrected chi connectivity index (χ3v) is 10.7. The summed E-state index contributed by atoms with van der Waals surface area (Å²) < 4.78 is 60.7. The van der Waals surface area contributed by atoms with Crippen molar-refractivity contribution in [3.05, 3.63) is 106 Å². The van der Waals surface area contributed by atoms with Gasteiger partial charge in [0.25, 0.3) is 0 Å². The Morgan fingerprint density at radius 3 is 1.78 bits per heavy atom. The largest absolute Gasteiger partial charge is 0.371 e. The Balaban J connectivity index is 1.29. The Morgan fingerprint density at radius 2 is 1.22 bits per heavy atom. The van der Waals surface area contributed by atoms with Gasteiger partial charge in [-0.1, -0.05) is 77.8 Å². The Labute approximate surface area is 242 Å². The maximum Gasteiger partial charge on any atom is 0.243 e. The molecule has 2 aromatic rings. The van der Waals surface area contributed by atoms with E-state index in [4.69, 9.17) is 4.74 Å². The fourth-order valence-corrected chi connectivity index (χ4v) is 7.32. The minimum atomic E-state index is -3.67. The van der Waals surface area contributed by atoms with Crippen LogP contribution in [0.25, 0.3) is 0 Å². The molecule has 210 valence electrons. The van der Waals surface area contributed by atoms with E-state index in [1.165, 1.54) is 8.61 Å². The van der Waals surface area contributed by atoms with Gasteiger partial charge in [-0.25, -0.2) is 16.8 Å². The van der Waals surface area contributed by atoms with Gasteiger partial charge in [-0.3, -0.25) is 0 Å². The van der Waals surface area contributed by atoms with E-state index in [0.717, 1.165) is 33.4 Å². The van der Waals surface area contributed by atoms with Crippen molar-refractivity contribution in [1.29, 1.82) is 0 Å². The molecule has 3 aliphatic rings. The van der Waals surface area contributed by atoms with Crippen molar-refractivity contribution < 1.29 is 21.6 Å². The molecular formula is C32H30N2O5S2. The van der Waals surface area contributed by atoms with E-state index < -0.39 is 20.0 Å². The highest BCUT2D eigenvalue weighted by atomic mass is 32.2. The van der Waals surface area contributed by atoms with Crippen LogP contribution in [0.2, 0.25) is 0 Å². The molecular weight excluding hydrogens is 556 g/mol. The molecule has 7 nitrogen and oxygen atoms in total. The average molecular weight is 587 g/mol. The van der Waals surface area contributed by atoms with Gasteiger partial charge in [0.05, 0.1) is 23.0 Å². The second-order valence-electron chi connectivity index (χ2n) is 10.1. The molecule has 0 amide bonds. The maximum atomic E-state index is 13.2. The smallest absolute Gasteiger partial charge is 0.243 e. The average Bonchev–Trinajstić information content (AvgIpc) is 3.71. The van der Waals surface area contributed by atoms with Crippen molar-refractivity contribution in [2.75, 3.05) is 39.4 Å². The quantitative estimate of drug-likeness (QED) is 0.499. The number of hydrogen-bond acceptors (Lipinski definition) is 5. The van der Waals surface area contributed by atoms with Crippen LogP contribution >= 0.6 is 0 Å². The molecule has 3 heterocycles. The molecule has 0 radical (unpaired) electrons. The van der Waals surface area contributed by atoms with Crippen molar-refractivity contribution in [2.45, 2.75) is 23.6 Å². The van der Waals surface area contributed by atoms with E-state index in [-0.39, 0.29) is 36.0 Å². The van der Waals surface area contributed by atoms with Gasteiger partial charge in [0.15, 0.2) is 0 Å². The van der Waals surface area contributed by atoms with Gasteiger partial charge in [-0.2, -0.15) is 8.61 Å². The number of rotatable bonds is 5. The normalized spacial score (nSPS) is 18.1. The van der Waals surface area contributed by atoms with Crippen LogP contribution in [0.1, 0.15) is 11.1 Å². The summed E-state index contributed by atoms with van der Waals surface area (Å²) in [5, 5.41) is 0. The molecule has 9 heteroatoms. The predicted molar refractivity (Wildman–Crippen MR) is 159 cm³/mol. The van der Waals surface area contributed by atoms with Crippen LogP contribution < -0.4 is 0 Å². The number of ether oxygens (including phenoxy) is 1. The van der Waals surface area contributed by atoms with Crippen LogP contribution in [0, 0.1) is 37.5 Å². The Kier molecular flexibility index (Phi) is 8.19. The molecule has 0 N–H and O–H groups in total. The predicted octanol–water partition coefficient (Wildman–Crippen LogP) is 3.75. The number of benzene rings is 2. The number of sulfonamides is 2. The van der Waals surface area contributed by atoms with Gasteiger partial charge < -0.3 is 4.74 Å². The van der Waals surface area contributed by atoms with Crippen LogP contribution in [-0.2, 0) is 24.8 Å². The number of nitrogens with zero attached hydrogens (tertiary/aromatic N) is 2. The van der Waals surface area contributed by atoms with Crippen LogP contribution in [0.15, 0.2) is 105 Å². The van der Waals surface area contributed by atoms with Crippen LogP contribution in [-0.4, -0.2) is 64.8 Å². The fourth-order valence-electron chi connectivity index (χ4n) is 4.58. The van der Waals surface area contributed by atoms with E-state index in [0.29, 0.717) is 18.8 Å². The minimum absolute atomic E-state index is 0.165. The number of hydrogen-bond donors (Lipinski definition) is 0. The molecule has 0 fully saturated rings. The van der Waals surface area contributed by atoms with Crippen LogP contribution in [0.4, 0.5) is 0 Å². The molecule has 0 unspecified atom stereocenters. The molecule has 0 aliphatic carbocycles. The van der Waals surface area contributed by atoms with Gasteiger partial charge >= 0.3 is 0 Å². The van der Waals surface area contributed by atoms with Crippen molar-refractivity contribution in [1.82, 2.24) is 8.61 Å². The van der Waals surface area contributed by atoms with Gasteiger partial charge in [0, 0.05) is 48.5 Å². The van der Waals surface area contributed by atoms with Gasteiger partial charge in [0.1, 0.15) is 0 Å². The molecule has 2 aromatic carbocycles. The number of aryl methyl sites for hydroxylation is 2. The van der Waals surface area contributed by atoms with Crippen molar-refractivity contribution in [3.63, 3.8) is 0 Å². The summed E-state index contributed by atoms with van der Waals surface area (Å²) in [5.74, 6) is 12.5. The van der Waals surface area contributed by atoms with Crippen LogP contribution in [0.3, 0.4) is 0 Å². The van der Waals surface area contributed by atoms with E-state index in [9.17, 15) is 16.8 Å². The molecule has 0 saturated carbocycles. The highest BCUT2D eigenvalue weighted by Gasteiger charge is 2.31. The molecule has 3 aliphatic heterocycles. The van der Waals surface area contributed by atoms with E-state index >= 15 is 0 Å². The summed E-state index contributed by atoms with van der Waals surface area (Å²) in [5.41, 5.74) is 5.63. The topological polar surface area (TPSA) is 84.0 Å². The summed E-state index contributed by atoms with van der Waals surface area (Å²) in [6.07, 6.45) is 3.47. The zero-order chi connectivity index (χ0) is 29.2. The molecule has 0 aromatic heterocycles. The molecule has 0 spiro atoms. The zero-order valence-corrected chi connectivity index (χ0v) is 24.6. The summed E-state index contributed by atoms with van der Waals surface area (Å²) in [7, 11) is -7.27. The first-order valence-corrected chi connectivity index (χ1v) is 16.0. The summed E-state index contributed by atoms with van der Waals surface area (Å²) >= 11 is 0. The lowest BCUT2D eigenvalue weighted by Crippen LogP contribution is -2.29. The van der Waals surface area contributed by atoms with Gasteiger partial charge in [0.2, 0.25) is 20.0 Å². The van der Waals surface area contributed by atoms with Gasteiger partial charge in [-0.05, 0) is 43.7 Å². The molecule has 5 rings (SSSR count). The summed E-state index contributed by atoms with van der Waals surface area (Å²) in [6.45, 7) is 9.15. The second-order valence-corrected chi connectivity index (χ2v) is 14.0. The second kappa shape index (κ2) is 11.7. The Bertz CT molecular complexity index is 1830. The van der Waals surface area contributed by atoms with Crippen molar-refractivity contribution in [3.8, 4) is 23.7 Å².